The van der Waals surface area contributed by atoms with Gasteiger partial charge in [-0.15, -0.1) is 0 Å². The number of carbonyl (C=O) groups excluding carboxylic acids is 1. The van der Waals surface area contributed by atoms with Gasteiger partial charge in [0.05, 0.1) is 29.5 Å². The predicted octanol–water partition coefficient (Wildman–Crippen LogP) is 2.80. The van der Waals surface area contributed by atoms with Gasteiger partial charge >= 0.3 is 0 Å². The van der Waals surface area contributed by atoms with Crippen LogP contribution in [0.3, 0.4) is 0 Å². The van der Waals surface area contributed by atoms with E-state index in [1.165, 1.54) is 12.1 Å². The molecule has 6 heteroatoms. The summed E-state index contributed by atoms with van der Waals surface area (Å²) in [5.41, 5.74) is 2.60. The Morgan fingerprint density at radius 3 is 2.69 bits per heavy atom. The molecule has 1 atom stereocenters. The van der Waals surface area contributed by atoms with Crippen molar-refractivity contribution in [3.05, 3.63) is 66.2 Å². The molecule has 0 spiro atoms. The van der Waals surface area contributed by atoms with Gasteiger partial charge in [-0.3, -0.25) is 4.79 Å². The number of aliphatic hydroxyl groups is 1. The number of rotatable bonds is 5. The highest BCUT2D eigenvalue weighted by atomic mass is 19.1. The number of benzene rings is 2. The largest absolute Gasteiger partial charge is 0.393 e. The molecule has 1 aliphatic carbocycles. The lowest BCUT2D eigenvalue weighted by atomic mass is 9.75. The fourth-order valence-electron chi connectivity index (χ4n) is 3.56. The summed E-state index contributed by atoms with van der Waals surface area (Å²) >= 11 is 0. The Balaban J connectivity index is 1.51. The molecule has 1 saturated carbocycles. The maximum atomic E-state index is 13.2. The molecular weight excluding hydrogens is 333 g/mol. The first-order valence-electron chi connectivity index (χ1n) is 8.73. The number of carbonyl (C=O) groups is 1. The molecule has 134 valence electrons. The van der Waals surface area contributed by atoms with Crippen LogP contribution in [0.1, 0.15) is 24.4 Å². The quantitative estimate of drug-likeness (QED) is 0.741. The molecule has 0 bridgehead atoms. The third-order valence-corrected chi connectivity index (χ3v) is 5.01. The van der Waals surface area contributed by atoms with Crippen LogP contribution in [-0.2, 0) is 11.3 Å². The molecule has 5 nitrogen and oxygen atoms in total. The van der Waals surface area contributed by atoms with Crippen LogP contribution in [0.4, 0.5) is 4.39 Å². The number of para-hydroxylation sites is 2. The van der Waals surface area contributed by atoms with Crippen molar-refractivity contribution in [1.82, 2.24) is 14.9 Å². The van der Waals surface area contributed by atoms with Gasteiger partial charge in [-0.2, -0.15) is 0 Å². The third kappa shape index (κ3) is 3.32. The van der Waals surface area contributed by atoms with E-state index in [1.54, 1.807) is 18.5 Å². The summed E-state index contributed by atoms with van der Waals surface area (Å²) in [4.78, 5) is 16.9. The summed E-state index contributed by atoms with van der Waals surface area (Å²) in [5, 5.41) is 12.7. The van der Waals surface area contributed by atoms with Crippen LogP contribution in [0.2, 0.25) is 0 Å². The summed E-state index contributed by atoms with van der Waals surface area (Å²) in [6.07, 6.45) is 2.61. The van der Waals surface area contributed by atoms with Crippen LogP contribution in [0.25, 0.3) is 11.0 Å². The van der Waals surface area contributed by atoms with Crippen molar-refractivity contribution < 1.29 is 14.3 Å². The van der Waals surface area contributed by atoms with E-state index in [-0.39, 0.29) is 36.3 Å². The molecule has 1 aromatic heterocycles. The topological polar surface area (TPSA) is 67.2 Å². The molecule has 1 aliphatic rings. The lowest BCUT2D eigenvalue weighted by molar-refractivity contribution is -0.123. The van der Waals surface area contributed by atoms with E-state index in [1.807, 2.05) is 28.8 Å². The summed E-state index contributed by atoms with van der Waals surface area (Å²) in [5.74, 6) is -0.292. The van der Waals surface area contributed by atoms with E-state index in [4.69, 9.17) is 0 Å². The molecule has 0 unspecified atom stereocenters. The minimum Gasteiger partial charge on any atom is -0.393 e. The van der Waals surface area contributed by atoms with Gasteiger partial charge < -0.3 is 15.0 Å². The van der Waals surface area contributed by atoms with E-state index in [2.05, 4.69) is 10.3 Å². The van der Waals surface area contributed by atoms with Gasteiger partial charge in [0, 0.05) is 0 Å². The number of nitrogens with one attached hydrogen (secondary N) is 1. The Bertz CT molecular complexity index is 916. The van der Waals surface area contributed by atoms with Crippen molar-refractivity contribution in [2.24, 2.45) is 5.92 Å². The van der Waals surface area contributed by atoms with Crippen LogP contribution in [-0.4, -0.2) is 26.7 Å². The molecular formula is C20H20FN3O2. The molecule has 2 aromatic carbocycles. The summed E-state index contributed by atoms with van der Waals surface area (Å²) in [7, 11) is 0. The Labute approximate surface area is 150 Å². The number of nitrogens with zero attached hydrogens (tertiary/aromatic N) is 2. The molecule has 0 aliphatic heterocycles. The monoisotopic (exact) mass is 353 g/mol. The smallest absolute Gasteiger partial charge is 0.240 e. The molecule has 1 amide bonds. The zero-order valence-electron chi connectivity index (χ0n) is 14.2. The van der Waals surface area contributed by atoms with Gasteiger partial charge in [-0.05, 0) is 48.6 Å². The fraction of sp³-hybridized carbons (Fsp3) is 0.300. The molecule has 3 aromatic rings. The molecule has 1 fully saturated rings. The summed E-state index contributed by atoms with van der Waals surface area (Å²) < 4.78 is 15.0. The van der Waals surface area contributed by atoms with Crippen molar-refractivity contribution >= 4 is 16.9 Å². The van der Waals surface area contributed by atoms with E-state index in [9.17, 15) is 14.3 Å². The summed E-state index contributed by atoms with van der Waals surface area (Å²) in [6, 6.07) is 13.6. The highest BCUT2D eigenvalue weighted by Crippen LogP contribution is 2.38. The van der Waals surface area contributed by atoms with Crippen LogP contribution in [0.5, 0.6) is 0 Å². The Hall–Kier alpha value is -2.73. The van der Waals surface area contributed by atoms with Crippen LogP contribution < -0.4 is 5.32 Å². The maximum absolute atomic E-state index is 13.2. The maximum Gasteiger partial charge on any atom is 0.240 e. The second-order valence-electron chi connectivity index (χ2n) is 6.84. The van der Waals surface area contributed by atoms with Gasteiger partial charge in [-0.25, -0.2) is 9.37 Å². The van der Waals surface area contributed by atoms with Crippen molar-refractivity contribution in [3.63, 3.8) is 0 Å². The number of aliphatic hydroxyl groups excluding tert-OH is 1. The van der Waals surface area contributed by atoms with Gasteiger partial charge in [0.1, 0.15) is 12.4 Å². The number of aromatic nitrogens is 2. The Morgan fingerprint density at radius 1 is 1.23 bits per heavy atom. The van der Waals surface area contributed by atoms with Crippen LogP contribution in [0.15, 0.2) is 54.9 Å². The zero-order chi connectivity index (χ0) is 18.1. The highest BCUT2D eigenvalue weighted by molar-refractivity contribution is 5.80. The van der Waals surface area contributed by atoms with Gasteiger partial charge in [-0.1, -0.05) is 24.3 Å². The molecule has 0 saturated heterocycles. The second-order valence-corrected chi connectivity index (χ2v) is 6.84. The van der Waals surface area contributed by atoms with E-state index in [0.717, 1.165) is 16.6 Å². The van der Waals surface area contributed by atoms with Crippen LogP contribution in [0, 0.1) is 11.7 Å². The van der Waals surface area contributed by atoms with Crippen molar-refractivity contribution in [2.45, 2.75) is 31.5 Å². The van der Waals surface area contributed by atoms with Crippen LogP contribution >= 0.6 is 0 Å². The molecule has 2 N–H and O–H groups in total. The highest BCUT2D eigenvalue weighted by Gasteiger charge is 2.35. The van der Waals surface area contributed by atoms with Crippen molar-refractivity contribution in [1.29, 1.82) is 0 Å². The molecule has 0 radical (unpaired) electrons. The summed E-state index contributed by atoms with van der Waals surface area (Å²) in [6.45, 7) is 0.160. The average Bonchev–Trinajstić information content (AvgIpc) is 3.01. The number of amides is 1. The first kappa shape index (κ1) is 16.7. The second kappa shape index (κ2) is 6.88. The normalized spacial score (nSPS) is 20.5. The number of hydrogen-bond donors (Lipinski definition) is 2. The zero-order valence-corrected chi connectivity index (χ0v) is 14.2. The van der Waals surface area contributed by atoms with E-state index in [0.29, 0.717) is 12.8 Å². The van der Waals surface area contributed by atoms with E-state index < -0.39 is 0 Å². The number of halogens is 1. The fourth-order valence-corrected chi connectivity index (χ4v) is 3.56. The number of imidazole rings is 1. The first-order chi connectivity index (χ1) is 12.6. The standard InChI is InChI=1S/C20H20FN3O2/c21-15-7-5-13(6-8-15)20(14-9-16(25)10-14)23-19(26)11-24-12-22-17-3-1-2-4-18(17)24/h1-8,12,14,16,20,25H,9-11H2,(H,23,26)/t14?,16?,20-/m0/s1. The van der Waals surface area contributed by atoms with Gasteiger partial charge in [0.25, 0.3) is 0 Å². The molecule has 1 heterocycles. The molecule has 26 heavy (non-hydrogen) atoms. The number of hydrogen-bond acceptors (Lipinski definition) is 3. The number of fused-ring (bicyclic) bond motifs is 1. The van der Waals surface area contributed by atoms with Gasteiger partial charge in [0.2, 0.25) is 5.91 Å². The van der Waals surface area contributed by atoms with Crippen molar-refractivity contribution in [3.8, 4) is 0 Å². The minimum absolute atomic E-state index is 0.135. The lowest BCUT2D eigenvalue weighted by Crippen LogP contribution is -2.42. The SMILES string of the molecule is O=C(Cn1cnc2ccccc21)N[C@@H](c1ccc(F)cc1)C1CC(O)C1. The first-order valence-corrected chi connectivity index (χ1v) is 8.73. The Morgan fingerprint density at radius 2 is 1.96 bits per heavy atom. The molecule has 4 rings (SSSR count). The average molecular weight is 353 g/mol. The third-order valence-electron chi connectivity index (χ3n) is 5.01. The lowest BCUT2D eigenvalue weighted by Gasteiger charge is -2.38. The predicted molar refractivity (Wildman–Crippen MR) is 95.7 cm³/mol. The minimum atomic E-state index is -0.322. The Kier molecular flexibility index (Phi) is 4.42. The van der Waals surface area contributed by atoms with Crippen molar-refractivity contribution in [2.75, 3.05) is 0 Å². The van der Waals surface area contributed by atoms with Gasteiger partial charge in [0.15, 0.2) is 0 Å². The van der Waals surface area contributed by atoms with E-state index >= 15 is 0 Å².